The number of methoxy groups -OCH3 is 1. The fourth-order valence-electron chi connectivity index (χ4n) is 2.12. The highest BCUT2D eigenvalue weighted by Gasteiger charge is 2.39. The third kappa shape index (κ3) is 3.78. The van der Waals surface area contributed by atoms with Crippen LogP contribution in [0.1, 0.15) is 5.56 Å². The third-order valence-electron chi connectivity index (χ3n) is 3.20. The average Bonchev–Trinajstić information content (AvgIpc) is 2.82. The molecule has 0 bridgehead atoms. The summed E-state index contributed by atoms with van der Waals surface area (Å²) in [7, 11) is 4.31. The standard InChI is InChI=1S/C15H12Cl2F3N3O3/c1-22(2)6-8-11(14(25)26-3)21-23(13(8)24)12-9(16)4-7(5-10(12)17)15(18,19)20/h4-6H,1-3H3. The number of halogens is 5. The molecule has 0 saturated heterocycles. The van der Waals surface area contributed by atoms with Crippen molar-refractivity contribution in [1.29, 1.82) is 0 Å². The monoisotopic (exact) mass is 409 g/mol. The second-order valence-corrected chi connectivity index (χ2v) is 6.16. The molecule has 0 atom stereocenters. The lowest BCUT2D eigenvalue weighted by atomic mass is 10.1. The fraction of sp³-hybridized carbons (Fsp3) is 0.267. The Hall–Kier alpha value is -2.26. The normalized spacial score (nSPS) is 16.2. The Labute approximate surface area is 156 Å². The van der Waals surface area contributed by atoms with Crippen molar-refractivity contribution in [3.05, 3.63) is 39.5 Å². The summed E-state index contributed by atoms with van der Waals surface area (Å²) in [6, 6.07) is 1.24. The highest BCUT2D eigenvalue weighted by atomic mass is 35.5. The zero-order valence-electron chi connectivity index (χ0n) is 13.7. The predicted octanol–water partition coefficient (Wildman–Crippen LogP) is 3.33. The summed E-state index contributed by atoms with van der Waals surface area (Å²) in [5, 5.41) is 3.62. The van der Waals surface area contributed by atoms with Crippen LogP contribution in [0.4, 0.5) is 18.9 Å². The van der Waals surface area contributed by atoms with E-state index in [-0.39, 0.29) is 17.0 Å². The van der Waals surface area contributed by atoms with Crippen LogP contribution < -0.4 is 5.01 Å². The van der Waals surface area contributed by atoms with Crippen molar-refractivity contribution in [2.75, 3.05) is 26.2 Å². The molecule has 11 heteroatoms. The number of esters is 1. The second kappa shape index (κ2) is 7.16. The van der Waals surface area contributed by atoms with Gasteiger partial charge in [0, 0.05) is 20.3 Å². The van der Waals surface area contributed by atoms with Gasteiger partial charge in [-0.25, -0.2) is 4.79 Å². The first-order valence-electron chi connectivity index (χ1n) is 6.93. The molecular formula is C15H12Cl2F3N3O3. The summed E-state index contributed by atoms with van der Waals surface area (Å²) < 4.78 is 43.1. The third-order valence-corrected chi connectivity index (χ3v) is 3.78. The molecule has 140 valence electrons. The Bertz CT molecular complexity index is 812. The van der Waals surface area contributed by atoms with Crippen LogP contribution in [0, 0.1) is 0 Å². The number of anilines is 1. The van der Waals surface area contributed by atoms with Crippen molar-refractivity contribution < 1.29 is 27.5 Å². The van der Waals surface area contributed by atoms with E-state index in [1.165, 1.54) is 11.1 Å². The van der Waals surface area contributed by atoms with Gasteiger partial charge in [0.25, 0.3) is 5.91 Å². The molecule has 0 fully saturated rings. The van der Waals surface area contributed by atoms with E-state index < -0.39 is 33.7 Å². The summed E-state index contributed by atoms with van der Waals surface area (Å²) in [6.45, 7) is 0. The Morgan fingerprint density at radius 1 is 1.27 bits per heavy atom. The van der Waals surface area contributed by atoms with Crippen molar-refractivity contribution >= 4 is 46.5 Å². The van der Waals surface area contributed by atoms with E-state index >= 15 is 0 Å². The largest absolute Gasteiger partial charge is 0.464 e. The van der Waals surface area contributed by atoms with E-state index in [1.54, 1.807) is 14.1 Å². The number of benzene rings is 1. The summed E-state index contributed by atoms with van der Waals surface area (Å²) in [5.41, 5.74) is -1.79. The Morgan fingerprint density at radius 3 is 2.23 bits per heavy atom. The average molecular weight is 410 g/mol. The molecule has 0 spiro atoms. The van der Waals surface area contributed by atoms with E-state index in [0.29, 0.717) is 17.1 Å². The van der Waals surface area contributed by atoms with Crippen LogP contribution in [0.15, 0.2) is 29.0 Å². The number of hydrazone groups is 1. The molecule has 0 aliphatic carbocycles. The molecule has 2 rings (SSSR count). The van der Waals surface area contributed by atoms with Crippen molar-refractivity contribution in [1.82, 2.24) is 4.90 Å². The number of carbonyl (C=O) groups excluding carboxylic acids is 2. The first-order chi connectivity index (χ1) is 12.0. The van der Waals surface area contributed by atoms with Crippen LogP contribution in [0.25, 0.3) is 0 Å². The van der Waals surface area contributed by atoms with Crippen LogP contribution in [-0.2, 0) is 20.5 Å². The molecule has 1 aromatic rings. The smallest absolute Gasteiger partial charge is 0.416 e. The van der Waals surface area contributed by atoms with Gasteiger partial charge in [0.15, 0.2) is 5.71 Å². The number of nitrogens with zero attached hydrogens (tertiary/aromatic N) is 3. The number of carbonyl (C=O) groups is 2. The van der Waals surface area contributed by atoms with Crippen LogP contribution >= 0.6 is 23.2 Å². The summed E-state index contributed by atoms with van der Waals surface area (Å²) in [6.07, 6.45) is -3.35. The number of ether oxygens (including phenoxy) is 1. The van der Waals surface area contributed by atoms with Gasteiger partial charge in [-0.3, -0.25) is 4.79 Å². The summed E-state index contributed by atoms with van der Waals surface area (Å²) in [4.78, 5) is 26.0. The summed E-state index contributed by atoms with van der Waals surface area (Å²) in [5.74, 6) is -1.68. The van der Waals surface area contributed by atoms with Crippen molar-refractivity contribution in [2.45, 2.75) is 6.18 Å². The minimum absolute atomic E-state index is 0.117. The molecule has 0 aromatic heterocycles. The maximum atomic E-state index is 12.9. The molecule has 1 aliphatic heterocycles. The molecular weight excluding hydrogens is 398 g/mol. The molecule has 0 N–H and O–H groups in total. The van der Waals surface area contributed by atoms with Gasteiger partial charge in [0.1, 0.15) is 5.69 Å². The van der Waals surface area contributed by atoms with Crippen LogP contribution in [-0.4, -0.2) is 43.7 Å². The number of rotatable bonds is 3. The van der Waals surface area contributed by atoms with E-state index in [1.807, 2.05) is 0 Å². The molecule has 26 heavy (non-hydrogen) atoms. The first-order valence-corrected chi connectivity index (χ1v) is 7.69. The fourth-order valence-corrected chi connectivity index (χ4v) is 2.77. The maximum absolute atomic E-state index is 12.9. The Kier molecular flexibility index (Phi) is 5.52. The van der Waals surface area contributed by atoms with Gasteiger partial charge in [-0.05, 0) is 12.1 Å². The predicted molar refractivity (Wildman–Crippen MR) is 90.2 cm³/mol. The van der Waals surface area contributed by atoms with Crippen LogP contribution in [0.2, 0.25) is 10.0 Å². The quantitative estimate of drug-likeness (QED) is 0.567. The minimum Gasteiger partial charge on any atom is -0.464 e. The lowest BCUT2D eigenvalue weighted by molar-refractivity contribution is -0.137. The van der Waals surface area contributed by atoms with Gasteiger partial charge < -0.3 is 9.64 Å². The van der Waals surface area contributed by atoms with E-state index in [4.69, 9.17) is 23.2 Å². The highest BCUT2D eigenvalue weighted by Crippen LogP contribution is 2.41. The number of hydrogen-bond acceptors (Lipinski definition) is 5. The Morgan fingerprint density at radius 2 is 1.81 bits per heavy atom. The van der Waals surface area contributed by atoms with E-state index in [2.05, 4.69) is 9.84 Å². The van der Waals surface area contributed by atoms with Crippen molar-refractivity contribution in [3.8, 4) is 0 Å². The van der Waals surface area contributed by atoms with Crippen molar-refractivity contribution in [2.24, 2.45) is 5.10 Å². The number of alkyl halides is 3. The molecule has 1 heterocycles. The molecule has 0 radical (unpaired) electrons. The molecule has 0 unspecified atom stereocenters. The van der Waals surface area contributed by atoms with Gasteiger partial charge in [0.05, 0.1) is 28.3 Å². The van der Waals surface area contributed by atoms with Gasteiger partial charge in [-0.15, -0.1) is 0 Å². The maximum Gasteiger partial charge on any atom is 0.416 e. The molecule has 6 nitrogen and oxygen atoms in total. The van der Waals surface area contributed by atoms with Gasteiger partial charge >= 0.3 is 12.1 Å². The molecule has 1 amide bonds. The molecule has 1 aliphatic rings. The topological polar surface area (TPSA) is 62.2 Å². The lowest BCUT2D eigenvalue weighted by Gasteiger charge is -2.17. The lowest BCUT2D eigenvalue weighted by Crippen LogP contribution is -2.25. The zero-order chi connectivity index (χ0) is 19.8. The second-order valence-electron chi connectivity index (χ2n) is 5.35. The Balaban J connectivity index is 2.60. The van der Waals surface area contributed by atoms with Gasteiger partial charge in [-0.2, -0.15) is 23.3 Å². The highest BCUT2D eigenvalue weighted by molar-refractivity contribution is 6.54. The van der Waals surface area contributed by atoms with Crippen LogP contribution in [0.3, 0.4) is 0 Å². The van der Waals surface area contributed by atoms with Gasteiger partial charge in [-0.1, -0.05) is 23.2 Å². The van der Waals surface area contributed by atoms with E-state index in [0.717, 1.165) is 7.11 Å². The SMILES string of the molecule is COC(=O)C1=NN(c2c(Cl)cc(C(F)(F)F)cc2Cl)C(=O)C1=CN(C)C. The van der Waals surface area contributed by atoms with Crippen molar-refractivity contribution in [3.63, 3.8) is 0 Å². The number of amides is 1. The summed E-state index contributed by atoms with van der Waals surface area (Å²) >= 11 is 11.8. The molecule has 1 aromatic carbocycles. The first kappa shape index (κ1) is 20.1. The minimum atomic E-state index is -4.67. The number of hydrogen-bond donors (Lipinski definition) is 0. The molecule has 0 saturated carbocycles. The van der Waals surface area contributed by atoms with Crippen LogP contribution in [0.5, 0.6) is 0 Å². The zero-order valence-corrected chi connectivity index (χ0v) is 15.2. The van der Waals surface area contributed by atoms with Gasteiger partial charge in [0.2, 0.25) is 0 Å². The van der Waals surface area contributed by atoms with E-state index in [9.17, 15) is 22.8 Å².